The quantitative estimate of drug-likeness (QED) is 0.409. The van der Waals surface area contributed by atoms with Crippen molar-refractivity contribution in [2.45, 2.75) is 6.92 Å². The number of hydrogen-bond donors (Lipinski definition) is 2. The molecule has 0 aromatic carbocycles. The third-order valence-corrected chi connectivity index (χ3v) is 0.992. The molecule has 8 heavy (non-hydrogen) atoms. The summed E-state index contributed by atoms with van der Waals surface area (Å²) < 4.78 is 0. The van der Waals surface area contributed by atoms with Crippen molar-refractivity contribution >= 4 is 17.7 Å². The van der Waals surface area contributed by atoms with Gasteiger partial charge >= 0.3 is 0 Å². The normalized spacial score (nSPS) is 11.5. The second kappa shape index (κ2) is 3.51. The van der Waals surface area contributed by atoms with Crippen LogP contribution in [0.3, 0.4) is 0 Å². The van der Waals surface area contributed by atoms with Gasteiger partial charge in [-0.2, -0.15) is 0 Å². The summed E-state index contributed by atoms with van der Waals surface area (Å²) in [6.45, 7) is 1.39. The first kappa shape index (κ1) is 7.52. The highest BCUT2D eigenvalue weighted by Gasteiger charge is 1.92. The van der Waals surface area contributed by atoms with Crippen LogP contribution < -0.4 is 10.9 Å². The number of allylic oxidation sites excluding steroid dienone is 1. The molecule has 0 aromatic rings. The Balaban J connectivity index is 3.80. The van der Waals surface area contributed by atoms with Crippen molar-refractivity contribution in [2.24, 2.45) is 10.9 Å². The van der Waals surface area contributed by atoms with Crippen molar-refractivity contribution in [3.05, 3.63) is 11.1 Å². The summed E-state index contributed by atoms with van der Waals surface area (Å²) in [7, 11) is 0. The van der Waals surface area contributed by atoms with E-state index in [4.69, 9.17) is 10.9 Å². The number of nitrogens with two attached hydrogens (primary N) is 2. The Kier molecular flexibility index (Phi) is 3.30. The van der Waals surface area contributed by atoms with E-state index in [2.05, 4.69) is 0 Å². The molecule has 0 bridgehead atoms. The van der Waals surface area contributed by atoms with Crippen LogP contribution in [0.2, 0.25) is 0 Å². The van der Waals surface area contributed by atoms with E-state index >= 15 is 0 Å². The molecule has 0 saturated heterocycles. The Bertz CT molecular complexity index is 121. The van der Waals surface area contributed by atoms with Crippen molar-refractivity contribution in [2.75, 3.05) is 0 Å². The lowest BCUT2D eigenvalue weighted by molar-refractivity contribution is -0.113. The molecular formula is C4H8N2OS. The van der Waals surface area contributed by atoms with Crippen LogP contribution in [0, 0.1) is 0 Å². The predicted molar refractivity (Wildman–Crippen MR) is 34.7 cm³/mol. The number of Topliss-reactive ketones (excluding diaryl/α,β-unsaturated/α-hetero) is 1. The lowest BCUT2D eigenvalue weighted by Gasteiger charge is -1.88. The van der Waals surface area contributed by atoms with E-state index in [-0.39, 0.29) is 11.5 Å². The van der Waals surface area contributed by atoms with Crippen LogP contribution in [-0.2, 0) is 4.79 Å². The second-order valence-corrected chi connectivity index (χ2v) is 1.77. The standard InChI is InChI=1S/C4H8N2OS/c1-3(7)4(5)2-8-6/h2H,5-6H2,1H3/b4-2-. The molecule has 3 nitrogen and oxygen atoms in total. The zero-order valence-corrected chi connectivity index (χ0v) is 5.37. The van der Waals surface area contributed by atoms with Crippen LogP contribution in [0.1, 0.15) is 6.92 Å². The highest BCUT2D eigenvalue weighted by atomic mass is 32.2. The number of ketones is 1. The Labute approximate surface area is 52.2 Å². The summed E-state index contributed by atoms with van der Waals surface area (Å²) in [5.41, 5.74) is 5.34. The molecule has 0 atom stereocenters. The van der Waals surface area contributed by atoms with Crippen LogP contribution in [0.15, 0.2) is 11.1 Å². The molecule has 0 unspecified atom stereocenters. The topological polar surface area (TPSA) is 69.1 Å². The lowest BCUT2D eigenvalue weighted by atomic mass is 10.4. The monoisotopic (exact) mass is 132 g/mol. The molecule has 4 N–H and O–H groups in total. The fourth-order valence-corrected chi connectivity index (χ4v) is 0.469. The maximum absolute atomic E-state index is 10.3. The molecule has 0 aliphatic rings. The van der Waals surface area contributed by atoms with Crippen molar-refractivity contribution < 1.29 is 4.79 Å². The number of rotatable bonds is 2. The molecule has 0 heterocycles. The molecule has 0 aromatic heterocycles. The first-order valence-electron chi connectivity index (χ1n) is 2.00. The van der Waals surface area contributed by atoms with Gasteiger partial charge in [0.1, 0.15) is 0 Å². The molecule has 0 spiro atoms. The Morgan fingerprint density at radius 3 is 2.38 bits per heavy atom. The van der Waals surface area contributed by atoms with Gasteiger partial charge in [-0.1, -0.05) is 11.9 Å². The van der Waals surface area contributed by atoms with E-state index in [0.717, 1.165) is 11.9 Å². The summed E-state index contributed by atoms with van der Waals surface area (Å²) >= 11 is 0.930. The van der Waals surface area contributed by atoms with Crippen LogP contribution in [0.4, 0.5) is 0 Å². The summed E-state index contributed by atoms with van der Waals surface area (Å²) in [4.78, 5) is 10.3. The summed E-state index contributed by atoms with van der Waals surface area (Å²) in [6, 6.07) is 0. The van der Waals surface area contributed by atoms with E-state index in [0.29, 0.717) is 0 Å². The smallest absolute Gasteiger partial charge is 0.175 e. The van der Waals surface area contributed by atoms with Gasteiger partial charge < -0.3 is 5.73 Å². The molecule has 0 radical (unpaired) electrons. The Hall–Kier alpha value is -0.480. The maximum atomic E-state index is 10.3. The van der Waals surface area contributed by atoms with Gasteiger partial charge in [0.25, 0.3) is 0 Å². The van der Waals surface area contributed by atoms with Crippen LogP contribution in [0.5, 0.6) is 0 Å². The van der Waals surface area contributed by atoms with E-state index in [1.165, 1.54) is 12.3 Å². The van der Waals surface area contributed by atoms with Crippen molar-refractivity contribution in [3.8, 4) is 0 Å². The third-order valence-electron chi connectivity index (χ3n) is 0.602. The van der Waals surface area contributed by atoms with Gasteiger partial charge in [-0.25, -0.2) is 0 Å². The molecule has 46 valence electrons. The number of carbonyl (C=O) groups is 1. The van der Waals surface area contributed by atoms with E-state index in [9.17, 15) is 4.79 Å². The summed E-state index contributed by atoms with van der Waals surface area (Å²) in [5.74, 6) is -0.150. The summed E-state index contributed by atoms with van der Waals surface area (Å²) in [6.07, 6.45) is 0. The minimum Gasteiger partial charge on any atom is -0.395 e. The average molecular weight is 132 g/mol. The van der Waals surface area contributed by atoms with Crippen LogP contribution in [0.25, 0.3) is 0 Å². The van der Waals surface area contributed by atoms with Gasteiger partial charge in [-0.05, 0) is 0 Å². The van der Waals surface area contributed by atoms with Crippen LogP contribution in [-0.4, -0.2) is 5.78 Å². The molecule has 4 heteroatoms. The molecule has 0 saturated carbocycles. The molecule has 0 aliphatic heterocycles. The third kappa shape index (κ3) is 2.65. The molecule has 0 amide bonds. The summed E-state index contributed by atoms with van der Waals surface area (Å²) in [5, 5.41) is 6.38. The van der Waals surface area contributed by atoms with Crippen molar-refractivity contribution in [1.29, 1.82) is 0 Å². The molecule has 0 rings (SSSR count). The molecule has 0 fully saturated rings. The SMILES string of the molecule is CC(=O)/C(N)=C/SN. The second-order valence-electron chi connectivity index (χ2n) is 1.27. The van der Waals surface area contributed by atoms with Gasteiger partial charge in [-0.15, -0.1) is 0 Å². The molecular weight excluding hydrogens is 124 g/mol. The fourth-order valence-electron chi connectivity index (χ4n) is 0.156. The zero-order valence-electron chi connectivity index (χ0n) is 4.55. The highest BCUT2D eigenvalue weighted by molar-refractivity contribution is 8.00. The minimum absolute atomic E-state index is 0.150. The van der Waals surface area contributed by atoms with Gasteiger partial charge in [0, 0.05) is 12.3 Å². The number of hydrogen-bond acceptors (Lipinski definition) is 4. The minimum atomic E-state index is -0.150. The fraction of sp³-hybridized carbons (Fsp3) is 0.250. The highest BCUT2D eigenvalue weighted by Crippen LogP contribution is 1.93. The Morgan fingerprint density at radius 1 is 1.75 bits per heavy atom. The molecule has 0 aliphatic carbocycles. The Morgan fingerprint density at radius 2 is 2.25 bits per heavy atom. The average Bonchev–Trinajstić information content (AvgIpc) is 1.67. The predicted octanol–water partition coefficient (Wildman–Crippen LogP) is -0.0176. The van der Waals surface area contributed by atoms with Crippen molar-refractivity contribution in [3.63, 3.8) is 0 Å². The largest absolute Gasteiger partial charge is 0.395 e. The van der Waals surface area contributed by atoms with E-state index in [1.54, 1.807) is 0 Å². The van der Waals surface area contributed by atoms with E-state index in [1.807, 2.05) is 0 Å². The van der Waals surface area contributed by atoms with Crippen molar-refractivity contribution in [1.82, 2.24) is 0 Å². The van der Waals surface area contributed by atoms with Gasteiger partial charge in [0.2, 0.25) is 0 Å². The van der Waals surface area contributed by atoms with Gasteiger partial charge in [0.15, 0.2) is 5.78 Å². The van der Waals surface area contributed by atoms with Gasteiger partial charge in [0.05, 0.1) is 5.70 Å². The zero-order chi connectivity index (χ0) is 6.57. The van der Waals surface area contributed by atoms with E-state index < -0.39 is 0 Å². The van der Waals surface area contributed by atoms with Crippen LogP contribution >= 0.6 is 11.9 Å². The first-order chi connectivity index (χ1) is 3.68. The first-order valence-corrected chi connectivity index (χ1v) is 2.95. The maximum Gasteiger partial charge on any atom is 0.175 e. The number of carbonyl (C=O) groups excluding carboxylic acids is 1. The lowest BCUT2D eigenvalue weighted by Crippen LogP contribution is -2.06. The van der Waals surface area contributed by atoms with Gasteiger partial charge in [-0.3, -0.25) is 9.93 Å².